The molecule has 1 atom stereocenters. The Labute approximate surface area is 112 Å². The van der Waals surface area contributed by atoms with Gasteiger partial charge in [-0.05, 0) is 24.8 Å². The summed E-state index contributed by atoms with van der Waals surface area (Å²) >= 11 is 0. The average molecular weight is 261 g/mol. The van der Waals surface area contributed by atoms with E-state index in [1.54, 1.807) is 0 Å². The summed E-state index contributed by atoms with van der Waals surface area (Å²) in [5.74, 6) is 1.36. The van der Waals surface area contributed by atoms with Gasteiger partial charge in [-0.3, -0.25) is 0 Å². The van der Waals surface area contributed by atoms with Gasteiger partial charge >= 0.3 is 0 Å². The molecule has 5 nitrogen and oxygen atoms in total. The van der Waals surface area contributed by atoms with Crippen LogP contribution in [0.15, 0.2) is 16.9 Å². The second-order valence-corrected chi connectivity index (χ2v) is 5.13. The van der Waals surface area contributed by atoms with E-state index in [1.165, 1.54) is 5.56 Å². The zero-order valence-electron chi connectivity index (χ0n) is 11.2. The molecule has 0 aliphatic heterocycles. The third-order valence-corrected chi connectivity index (χ3v) is 3.67. The first-order valence-electron chi connectivity index (χ1n) is 6.94. The van der Waals surface area contributed by atoms with Crippen molar-refractivity contribution in [2.24, 2.45) is 0 Å². The van der Waals surface area contributed by atoms with Crippen LogP contribution in [0.4, 0.5) is 0 Å². The van der Waals surface area contributed by atoms with Gasteiger partial charge in [0.05, 0.1) is 12.6 Å². The summed E-state index contributed by atoms with van der Waals surface area (Å²) in [6.45, 7) is 2.59. The lowest BCUT2D eigenvalue weighted by molar-refractivity contribution is 0.166. The molecular formula is C14H19N3O2. The molecule has 0 aromatic carbocycles. The Bertz CT molecular complexity index is 559. The lowest BCUT2D eigenvalue weighted by atomic mass is 10.1. The molecule has 1 N–H and O–H groups in total. The molecule has 3 rings (SSSR count). The standard InChI is InChI=1S/C14H19N3O2/c1-2-14-15-13(16-19-14)9-17-7-10-5-3-4-6-12(18)11(10)8-17/h7-8,12,18H,2-6,9H2,1H3. The fraction of sp³-hybridized carbons (Fsp3) is 0.571. The Hall–Kier alpha value is -1.62. The van der Waals surface area contributed by atoms with Gasteiger partial charge < -0.3 is 14.2 Å². The van der Waals surface area contributed by atoms with Crippen LogP contribution >= 0.6 is 0 Å². The second-order valence-electron chi connectivity index (χ2n) is 5.13. The van der Waals surface area contributed by atoms with Gasteiger partial charge in [0, 0.05) is 24.4 Å². The predicted molar refractivity (Wildman–Crippen MR) is 69.7 cm³/mol. The minimum atomic E-state index is -0.324. The smallest absolute Gasteiger partial charge is 0.226 e. The third kappa shape index (κ3) is 2.56. The van der Waals surface area contributed by atoms with E-state index in [9.17, 15) is 5.11 Å². The van der Waals surface area contributed by atoms with Crippen molar-refractivity contribution in [1.29, 1.82) is 0 Å². The van der Waals surface area contributed by atoms with E-state index < -0.39 is 0 Å². The molecule has 0 radical (unpaired) electrons. The lowest BCUT2D eigenvalue weighted by Gasteiger charge is -2.05. The van der Waals surface area contributed by atoms with Crippen molar-refractivity contribution < 1.29 is 9.63 Å². The van der Waals surface area contributed by atoms with E-state index in [0.717, 1.165) is 37.7 Å². The van der Waals surface area contributed by atoms with E-state index in [2.05, 4.69) is 16.3 Å². The number of hydrogen-bond donors (Lipinski definition) is 1. The summed E-state index contributed by atoms with van der Waals surface area (Å²) in [7, 11) is 0. The summed E-state index contributed by atoms with van der Waals surface area (Å²) in [4.78, 5) is 4.31. The maximum atomic E-state index is 10.1. The van der Waals surface area contributed by atoms with E-state index in [-0.39, 0.29) is 6.10 Å². The van der Waals surface area contributed by atoms with E-state index in [1.807, 2.05) is 17.7 Å². The molecule has 102 valence electrons. The monoisotopic (exact) mass is 261 g/mol. The minimum Gasteiger partial charge on any atom is -0.388 e. The molecule has 0 amide bonds. The first kappa shape index (κ1) is 12.4. The highest BCUT2D eigenvalue weighted by Crippen LogP contribution is 2.29. The Balaban J connectivity index is 1.80. The molecule has 2 heterocycles. The van der Waals surface area contributed by atoms with E-state index >= 15 is 0 Å². The van der Waals surface area contributed by atoms with Crippen molar-refractivity contribution in [3.05, 3.63) is 35.2 Å². The van der Waals surface area contributed by atoms with Crippen LogP contribution in [-0.2, 0) is 19.4 Å². The molecule has 1 aliphatic carbocycles. The number of aliphatic hydroxyl groups is 1. The van der Waals surface area contributed by atoms with Crippen LogP contribution in [0.5, 0.6) is 0 Å². The van der Waals surface area contributed by atoms with Crippen LogP contribution in [0.2, 0.25) is 0 Å². The number of aromatic nitrogens is 3. The maximum absolute atomic E-state index is 10.1. The Morgan fingerprint density at radius 1 is 1.42 bits per heavy atom. The first-order valence-corrected chi connectivity index (χ1v) is 6.94. The van der Waals surface area contributed by atoms with Crippen LogP contribution in [0.25, 0.3) is 0 Å². The van der Waals surface area contributed by atoms with Crippen molar-refractivity contribution in [2.75, 3.05) is 0 Å². The number of hydrogen-bond acceptors (Lipinski definition) is 4. The Morgan fingerprint density at radius 3 is 3.11 bits per heavy atom. The molecule has 5 heteroatoms. The maximum Gasteiger partial charge on any atom is 0.226 e. The van der Waals surface area contributed by atoms with Crippen LogP contribution in [0, 0.1) is 0 Å². The van der Waals surface area contributed by atoms with Crippen molar-refractivity contribution >= 4 is 0 Å². The number of nitrogens with zero attached hydrogens (tertiary/aromatic N) is 3. The minimum absolute atomic E-state index is 0.324. The van der Waals surface area contributed by atoms with Gasteiger partial charge in [-0.1, -0.05) is 18.5 Å². The van der Waals surface area contributed by atoms with Gasteiger partial charge in [0.15, 0.2) is 5.82 Å². The van der Waals surface area contributed by atoms with E-state index in [0.29, 0.717) is 18.3 Å². The largest absolute Gasteiger partial charge is 0.388 e. The van der Waals surface area contributed by atoms with Gasteiger partial charge in [-0.15, -0.1) is 0 Å². The SMILES string of the molecule is CCc1nc(Cn2cc3c(c2)C(O)CCCC3)no1. The third-order valence-electron chi connectivity index (χ3n) is 3.67. The highest BCUT2D eigenvalue weighted by Gasteiger charge is 2.18. The van der Waals surface area contributed by atoms with Crippen LogP contribution in [0.3, 0.4) is 0 Å². The molecule has 0 saturated heterocycles. The van der Waals surface area contributed by atoms with Crippen LogP contribution in [-0.4, -0.2) is 19.8 Å². The predicted octanol–water partition coefficient (Wildman–Crippen LogP) is 2.24. The molecule has 2 aromatic rings. The highest BCUT2D eigenvalue weighted by molar-refractivity contribution is 5.28. The normalized spacial score (nSPS) is 19.2. The van der Waals surface area contributed by atoms with E-state index in [4.69, 9.17) is 4.52 Å². The average Bonchev–Trinajstić information content (AvgIpc) is 2.98. The van der Waals surface area contributed by atoms with Crippen molar-refractivity contribution in [1.82, 2.24) is 14.7 Å². The summed E-state index contributed by atoms with van der Waals surface area (Å²) in [5.41, 5.74) is 2.32. The molecule has 2 aromatic heterocycles. The molecule has 19 heavy (non-hydrogen) atoms. The quantitative estimate of drug-likeness (QED) is 0.861. The molecule has 1 unspecified atom stereocenters. The molecule has 1 aliphatic rings. The van der Waals surface area contributed by atoms with Gasteiger partial charge in [-0.2, -0.15) is 4.98 Å². The molecular weight excluding hydrogens is 242 g/mol. The molecule has 0 saturated carbocycles. The van der Waals surface area contributed by atoms with Gasteiger partial charge in [0.1, 0.15) is 0 Å². The molecule has 0 bridgehead atoms. The fourth-order valence-corrected chi connectivity index (χ4v) is 2.64. The van der Waals surface area contributed by atoms with Crippen molar-refractivity contribution in [3.63, 3.8) is 0 Å². The zero-order valence-corrected chi connectivity index (χ0v) is 11.2. The van der Waals surface area contributed by atoms with Crippen molar-refractivity contribution in [3.8, 4) is 0 Å². The second kappa shape index (κ2) is 5.17. The van der Waals surface area contributed by atoms with Gasteiger partial charge in [0.2, 0.25) is 5.89 Å². The fourth-order valence-electron chi connectivity index (χ4n) is 2.64. The summed E-state index contributed by atoms with van der Waals surface area (Å²) in [6, 6.07) is 0. The van der Waals surface area contributed by atoms with Crippen LogP contribution < -0.4 is 0 Å². The number of aliphatic hydroxyl groups excluding tert-OH is 1. The summed E-state index contributed by atoms with van der Waals surface area (Å²) in [5, 5.41) is 14.1. The number of aryl methyl sites for hydroxylation is 2. The summed E-state index contributed by atoms with van der Waals surface area (Å²) < 4.78 is 7.15. The van der Waals surface area contributed by atoms with Gasteiger partial charge in [-0.25, -0.2) is 0 Å². The Kier molecular flexibility index (Phi) is 3.38. The van der Waals surface area contributed by atoms with Crippen LogP contribution in [0.1, 0.15) is 55.1 Å². The Morgan fingerprint density at radius 2 is 2.32 bits per heavy atom. The first-order chi connectivity index (χ1) is 9.26. The summed E-state index contributed by atoms with van der Waals surface area (Å²) in [6.07, 6.45) is 8.71. The molecule has 0 spiro atoms. The van der Waals surface area contributed by atoms with Crippen molar-refractivity contribution in [2.45, 2.75) is 51.7 Å². The highest BCUT2D eigenvalue weighted by atomic mass is 16.5. The lowest BCUT2D eigenvalue weighted by Crippen LogP contribution is -2.00. The zero-order chi connectivity index (χ0) is 13.2. The van der Waals surface area contributed by atoms with Gasteiger partial charge in [0.25, 0.3) is 0 Å². The number of fused-ring (bicyclic) bond motifs is 1. The molecule has 0 fully saturated rings. The number of rotatable bonds is 3. The topological polar surface area (TPSA) is 64.1 Å².